The molecule has 1 aromatic heterocycles. The summed E-state index contributed by atoms with van der Waals surface area (Å²) in [7, 11) is 0. The second-order valence-corrected chi connectivity index (χ2v) is 6.35. The molecule has 1 heterocycles. The van der Waals surface area contributed by atoms with Crippen molar-refractivity contribution in [2.45, 2.75) is 17.6 Å². The Balaban J connectivity index is 1.53. The SMILES string of the molecule is Clc1ccc(OCc2nnc(SCc3ccccc3Cl)o2)cc1. The molecule has 0 saturated heterocycles. The first-order chi connectivity index (χ1) is 11.2. The molecule has 0 spiro atoms. The largest absolute Gasteiger partial charge is 0.484 e. The first-order valence-corrected chi connectivity index (χ1v) is 8.52. The van der Waals surface area contributed by atoms with E-state index >= 15 is 0 Å². The lowest BCUT2D eigenvalue weighted by molar-refractivity contribution is 0.252. The second-order valence-electron chi connectivity index (χ2n) is 4.58. The predicted molar refractivity (Wildman–Crippen MR) is 91.1 cm³/mol. The quantitative estimate of drug-likeness (QED) is 0.557. The molecular weight excluding hydrogens is 355 g/mol. The van der Waals surface area contributed by atoms with Gasteiger partial charge in [-0.15, -0.1) is 10.2 Å². The first kappa shape index (κ1) is 16.2. The van der Waals surface area contributed by atoms with Crippen molar-refractivity contribution in [1.29, 1.82) is 0 Å². The van der Waals surface area contributed by atoms with Crippen molar-refractivity contribution in [3.05, 3.63) is 70.0 Å². The van der Waals surface area contributed by atoms with Gasteiger partial charge >= 0.3 is 0 Å². The lowest BCUT2D eigenvalue weighted by Crippen LogP contribution is -1.95. The van der Waals surface area contributed by atoms with Gasteiger partial charge in [-0.1, -0.05) is 53.2 Å². The molecule has 118 valence electrons. The number of thioether (sulfide) groups is 1. The van der Waals surface area contributed by atoms with Gasteiger partial charge in [0.2, 0.25) is 0 Å². The van der Waals surface area contributed by atoms with Gasteiger partial charge in [-0.25, -0.2) is 0 Å². The Hall–Kier alpha value is -1.69. The van der Waals surface area contributed by atoms with Gasteiger partial charge in [0.25, 0.3) is 11.1 Å². The van der Waals surface area contributed by atoms with Crippen LogP contribution in [-0.4, -0.2) is 10.2 Å². The predicted octanol–water partition coefficient (Wildman–Crippen LogP) is 5.25. The molecule has 0 unspecified atom stereocenters. The molecule has 0 aliphatic heterocycles. The average molecular weight is 367 g/mol. The summed E-state index contributed by atoms with van der Waals surface area (Å²) in [6, 6.07) is 14.8. The van der Waals surface area contributed by atoms with Crippen molar-refractivity contribution in [1.82, 2.24) is 10.2 Å². The summed E-state index contributed by atoms with van der Waals surface area (Å²) in [4.78, 5) is 0. The van der Waals surface area contributed by atoms with Crippen molar-refractivity contribution >= 4 is 35.0 Å². The van der Waals surface area contributed by atoms with Crippen molar-refractivity contribution in [3.63, 3.8) is 0 Å². The number of halogens is 2. The van der Waals surface area contributed by atoms with E-state index in [2.05, 4.69) is 10.2 Å². The summed E-state index contributed by atoms with van der Waals surface area (Å²) in [5, 5.41) is 9.83. The number of aromatic nitrogens is 2. The third-order valence-corrected chi connectivity index (χ3v) is 4.42. The highest BCUT2D eigenvalue weighted by Crippen LogP contribution is 2.26. The van der Waals surface area contributed by atoms with E-state index < -0.39 is 0 Å². The summed E-state index contributed by atoms with van der Waals surface area (Å²) < 4.78 is 11.1. The molecular formula is C16H12Cl2N2O2S. The number of rotatable bonds is 6. The maximum absolute atomic E-state index is 6.11. The molecule has 0 radical (unpaired) electrons. The first-order valence-electron chi connectivity index (χ1n) is 6.77. The fourth-order valence-corrected chi connectivity index (χ4v) is 2.98. The zero-order chi connectivity index (χ0) is 16.1. The number of ether oxygens (including phenoxy) is 1. The van der Waals surface area contributed by atoms with E-state index in [0.717, 1.165) is 10.6 Å². The van der Waals surface area contributed by atoms with Crippen LogP contribution < -0.4 is 4.74 Å². The van der Waals surface area contributed by atoms with Crippen molar-refractivity contribution in [2.75, 3.05) is 0 Å². The Labute approximate surface area is 147 Å². The van der Waals surface area contributed by atoms with Crippen LogP contribution in [0, 0.1) is 0 Å². The molecule has 2 aromatic carbocycles. The Morgan fingerprint density at radius 3 is 2.57 bits per heavy atom. The smallest absolute Gasteiger partial charge is 0.277 e. The fourth-order valence-electron chi connectivity index (χ4n) is 1.79. The van der Waals surface area contributed by atoms with Gasteiger partial charge in [0.05, 0.1) is 0 Å². The zero-order valence-corrected chi connectivity index (χ0v) is 14.2. The summed E-state index contributed by atoms with van der Waals surface area (Å²) >= 11 is 13.4. The van der Waals surface area contributed by atoms with Crippen LogP contribution in [0.25, 0.3) is 0 Å². The summed E-state index contributed by atoms with van der Waals surface area (Å²) in [6.07, 6.45) is 0. The zero-order valence-electron chi connectivity index (χ0n) is 11.9. The average Bonchev–Trinajstić information content (AvgIpc) is 3.02. The van der Waals surface area contributed by atoms with Gasteiger partial charge in [0.15, 0.2) is 6.61 Å². The van der Waals surface area contributed by atoms with Gasteiger partial charge in [-0.3, -0.25) is 0 Å². The summed E-state index contributed by atoms with van der Waals surface area (Å²) in [5.41, 5.74) is 1.02. The van der Waals surface area contributed by atoms with E-state index in [1.54, 1.807) is 24.3 Å². The Morgan fingerprint density at radius 1 is 1.00 bits per heavy atom. The van der Waals surface area contributed by atoms with E-state index in [0.29, 0.717) is 27.6 Å². The molecule has 0 aliphatic carbocycles. The maximum atomic E-state index is 6.11. The normalized spacial score (nSPS) is 10.7. The molecule has 3 aromatic rings. The molecule has 0 amide bonds. The van der Waals surface area contributed by atoms with Gasteiger partial charge in [0.1, 0.15) is 5.75 Å². The number of hydrogen-bond donors (Lipinski definition) is 0. The third-order valence-electron chi connectivity index (χ3n) is 2.93. The van der Waals surface area contributed by atoms with Crippen LogP contribution >= 0.6 is 35.0 Å². The molecule has 0 atom stereocenters. The van der Waals surface area contributed by atoms with Crippen LogP contribution in [0.1, 0.15) is 11.5 Å². The molecule has 0 bridgehead atoms. The summed E-state index contributed by atoms with van der Waals surface area (Å²) in [6.45, 7) is 0.210. The van der Waals surface area contributed by atoms with Gasteiger partial charge in [-0.2, -0.15) is 0 Å². The van der Waals surface area contributed by atoms with Crippen molar-refractivity contribution < 1.29 is 9.15 Å². The lowest BCUT2D eigenvalue weighted by Gasteiger charge is -2.02. The van der Waals surface area contributed by atoms with Crippen LogP contribution in [-0.2, 0) is 12.4 Å². The van der Waals surface area contributed by atoms with E-state index in [1.807, 2.05) is 24.3 Å². The highest BCUT2D eigenvalue weighted by atomic mass is 35.5. The van der Waals surface area contributed by atoms with Crippen LogP contribution in [0.15, 0.2) is 58.2 Å². The highest BCUT2D eigenvalue weighted by molar-refractivity contribution is 7.98. The minimum atomic E-state index is 0.210. The molecule has 0 aliphatic rings. The molecule has 0 N–H and O–H groups in total. The van der Waals surface area contributed by atoms with Crippen LogP contribution in [0.2, 0.25) is 10.0 Å². The van der Waals surface area contributed by atoms with Gasteiger partial charge in [-0.05, 0) is 35.9 Å². The van der Waals surface area contributed by atoms with Gasteiger partial charge < -0.3 is 9.15 Å². The molecule has 0 saturated carbocycles. The Morgan fingerprint density at radius 2 is 1.78 bits per heavy atom. The number of nitrogens with zero attached hydrogens (tertiary/aromatic N) is 2. The minimum absolute atomic E-state index is 0.210. The minimum Gasteiger partial charge on any atom is -0.484 e. The Bertz CT molecular complexity index is 778. The topological polar surface area (TPSA) is 48.2 Å². The van der Waals surface area contributed by atoms with Crippen LogP contribution in [0.3, 0.4) is 0 Å². The van der Waals surface area contributed by atoms with Gasteiger partial charge in [0, 0.05) is 15.8 Å². The lowest BCUT2D eigenvalue weighted by atomic mass is 10.2. The van der Waals surface area contributed by atoms with E-state index in [-0.39, 0.29) is 6.61 Å². The molecule has 7 heteroatoms. The van der Waals surface area contributed by atoms with Crippen molar-refractivity contribution in [3.8, 4) is 5.75 Å². The molecule has 3 rings (SSSR count). The van der Waals surface area contributed by atoms with E-state index in [4.69, 9.17) is 32.4 Å². The molecule has 0 fully saturated rings. The van der Waals surface area contributed by atoms with E-state index in [1.165, 1.54) is 11.8 Å². The highest BCUT2D eigenvalue weighted by Gasteiger charge is 2.09. The maximum Gasteiger partial charge on any atom is 0.277 e. The number of benzene rings is 2. The van der Waals surface area contributed by atoms with Crippen LogP contribution in [0.4, 0.5) is 0 Å². The monoisotopic (exact) mass is 366 g/mol. The molecule has 4 nitrogen and oxygen atoms in total. The van der Waals surface area contributed by atoms with Crippen LogP contribution in [0.5, 0.6) is 5.75 Å². The fraction of sp³-hybridized carbons (Fsp3) is 0.125. The number of hydrogen-bond acceptors (Lipinski definition) is 5. The second kappa shape index (κ2) is 7.73. The third kappa shape index (κ3) is 4.64. The molecule has 23 heavy (non-hydrogen) atoms. The standard InChI is InChI=1S/C16H12Cl2N2O2S/c17-12-5-7-13(8-6-12)21-9-15-19-20-16(22-15)23-10-11-3-1-2-4-14(11)18/h1-8H,9-10H2. The van der Waals surface area contributed by atoms with E-state index in [9.17, 15) is 0 Å². The summed E-state index contributed by atoms with van der Waals surface area (Å²) in [5.74, 6) is 1.78. The Kier molecular flexibility index (Phi) is 5.43. The van der Waals surface area contributed by atoms with Crippen molar-refractivity contribution in [2.24, 2.45) is 0 Å².